The van der Waals surface area contributed by atoms with Crippen LogP contribution in [0.3, 0.4) is 0 Å². The highest BCUT2D eigenvalue weighted by atomic mass is 79.9. The van der Waals surface area contributed by atoms with Gasteiger partial charge in [-0.15, -0.1) is 0 Å². The van der Waals surface area contributed by atoms with E-state index >= 15 is 0 Å². The minimum absolute atomic E-state index is 0.525. The fourth-order valence-electron chi connectivity index (χ4n) is 1.87. The van der Waals surface area contributed by atoms with Crippen LogP contribution in [0.5, 0.6) is 5.88 Å². The predicted octanol–water partition coefficient (Wildman–Crippen LogP) is 3.92. The topological polar surface area (TPSA) is 34.2 Å². The fraction of sp³-hybridized carbons (Fsp3) is 0.312. The van der Waals surface area contributed by atoms with Crippen molar-refractivity contribution in [2.45, 2.75) is 26.5 Å². The van der Waals surface area contributed by atoms with Crippen molar-refractivity contribution in [2.24, 2.45) is 0 Å². The quantitative estimate of drug-likeness (QED) is 0.779. The van der Waals surface area contributed by atoms with Crippen LogP contribution in [0.4, 0.5) is 0 Å². The third kappa shape index (κ3) is 4.62. The molecule has 20 heavy (non-hydrogen) atoms. The number of nitrogens with one attached hydrogen (secondary N) is 1. The summed E-state index contributed by atoms with van der Waals surface area (Å²) in [5, 5.41) is 3.37. The van der Waals surface area contributed by atoms with E-state index in [4.69, 9.17) is 4.74 Å². The monoisotopic (exact) mass is 334 g/mol. The lowest BCUT2D eigenvalue weighted by molar-refractivity contribution is 0.289. The molecule has 0 radical (unpaired) electrons. The third-order valence-electron chi connectivity index (χ3n) is 2.86. The number of benzene rings is 1. The van der Waals surface area contributed by atoms with Crippen LogP contribution in [0.1, 0.15) is 24.5 Å². The molecule has 0 aliphatic heterocycles. The summed E-state index contributed by atoms with van der Waals surface area (Å²) < 4.78 is 6.90. The van der Waals surface area contributed by atoms with Crippen LogP contribution in [0.25, 0.3) is 0 Å². The van der Waals surface area contributed by atoms with Gasteiger partial charge in [-0.2, -0.15) is 0 Å². The van der Waals surface area contributed by atoms with E-state index in [-0.39, 0.29) is 0 Å². The van der Waals surface area contributed by atoms with Crippen molar-refractivity contribution in [1.29, 1.82) is 0 Å². The number of ether oxygens (including phenoxy) is 1. The molecule has 0 atom stereocenters. The van der Waals surface area contributed by atoms with Gasteiger partial charge < -0.3 is 10.1 Å². The summed E-state index contributed by atoms with van der Waals surface area (Å²) in [5.74, 6) is 0.705. The van der Waals surface area contributed by atoms with E-state index in [1.165, 1.54) is 0 Å². The number of hydrogen-bond donors (Lipinski definition) is 1. The van der Waals surface area contributed by atoms with Crippen LogP contribution in [0, 0.1) is 0 Å². The summed E-state index contributed by atoms with van der Waals surface area (Å²) in [6.45, 7) is 4.47. The number of rotatable bonds is 7. The SMILES string of the molecule is CCCNCc1cccnc1OCc1cccc(Br)c1. The second-order valence-electron chi connectivity index (χ2n) is 4.56. The van der Waals surface area contributed by atoms with Crippen LogP contribution >= 0.6 is 15.9 Å². The summed E-state index contributed by atoms with van der Waals surface area (Å²) in [7, 11) is 0. The first kappa shape index (κ1) is 15.0. The van der Waals surface area contributed by atoms with E-state index in [1.54, 1.807) is 6.20 Å². The zero-order valence-corrected chi connectivity index (χ0v) is 13.2. The van der Waals surface area contributed by atoms with Gasteiger partial charge in [-0.1, -0.05) is 41.1 Å². The molecule has 0 saturated carbocycles. The molecule has 4 heteroatoms. The summed E-state index contributed by atoms with van der Waals surface area (Å²) in [6.07, 6.45) is 2.88. The van der Waals surface area contributed by atoms with Gasteiger partial charge in [-0.3, -0.25) is 0 Å². The Labute approximate surface area is 128 Å². The normalized spacial score (nSPS) is 10.5. The molecule has 0 fully saturated rings. The van der Waals surface area contributed by atoms with Crippen molar-refractivity contribution in [1.82, 2.24) is 10.3 Å². The number of halogens is 1. The molecule has 0 bridgehead atoms. The van der Waals surface area contributed by atoms with Gasteiger partial charge in [-0.05, 0) is 36.7 Å². The summed E-state index contributed by atoms with van der Waals surface area (Å²) >= 11 is 3.46. The van der Waals surface area contributed by atoms with E-state index in [1.807, 2.05) is 30.3 Å². The highest BCUT2D eigenvalue weighted by molar-refractivity contribution is 9.10. The average molecular weight is 335 g/mol. The number of hydrogen-bond acceptors (Lipinski definition) is 3. The Kier molecular flexibility index (Phi) is 6.02. The second-order valence-corrected chi connectivity index (χ2v) is 5.48. The summed E-state index contributed by atoms with van der Waals surface area (Å²) in [5.41, 5.74) is 2.22. The van der Waals surface area contributed by atoms with E-state index in [0.29, 0.717) is 12.5 Å². The van der Waals surface area contributed by atoms with Crippen LogP contribution in [-0.4, -0.2) is 11.5 Å². The van der Waals surface area contributed by atoms with E-state index in [2.05, 4.69) is 39.2 Å². The van der Waals surface area contributed by atoms with Crippen molar-refractivity contribution in [3.8, 4) is 5.88 Å². The summed E-state index contributed by atoms with van der Waals surface area (Å²) in [4.78, 5) is 4.32. The smallest absolute Gasteiger partial charge is 0.218 e. The maximum absolute atomic E-state index is 5.84. The molecule has 0 aliphatic rings. The Balaban J connectivity index is 1.98. The van der Waals surface area contributed by atoms with Gasteiger partial charge in [0.1, 0.15) is 6.61 Å². The van der Waals surface area contributed by atoms with E-state index in [9.17, 15) is 0 Å². The molecule has 0 spiro atoms. The highest BCUT2D eigenvalue weighted by Crippen LogP contribution is 2.17. The first-order chi connectivity index (χ1) is 9.79. The number of pyridine rings is 1. The minimum atomic E-state index is 0.525. The fourth-order valence-corrected chi connectivity index (χ4v) is 2.31. The lowest BCUT2D eigenvalue weighted by Gasteiger charge is -2.11. The Bertz CT molecular complexity index is 546. The standard InChI is InChI=1S/C16H19BrN2O/c1-2-8-18-11-14-6-4-9-19-16(14)20-12-13-5-3-7-15(17)10-13/h3-7,9-10,18H,2,8,11-12H2,1H3. The Morgan fingerprint density at radius 1 is 1.25 bits per heavy atom. The molecule has 0 aliphatic carbocycles. The Hall–Kier alpha value is -1.39. The number of aromatic nitrogens is 1. The van der Waals surface area contributed by atoms with Gasteiger partial charge in [-0.25, -0.2) is 4.98 Å². The highest BCUT2D eigenvalue weighted by Gasteiger charge is 2.04. The van der Waals surface area contributed by atoms with E-state index in [0.717, 1.165) is 35.1 Å². The molecule has 1 aromatic carbocycles. The van der Waals surface area contributed by atoms with Gasteiger partial charge >= 0.3 is 0 Å². The number of nitrogens with zero attached hydrogens (tertiary/aromatic N) is 1. The van der Waals surface area contributed by atoms with Gasteiger partial charge in [0.15, 0.2) is 0 Å². The van der Waals surface area contributed by atoms with Crippen molar-refractivity contribution in [3.05, 3.63) is 58.2 Å². The summed E-state index contributed by atoms with van der Waals surface area (Å²) in [6, 6.07) is 12.1. The second kappa shape index (κ2) is 8.02. The van der Waals surface area contributed by atoms with Gasteiger partial charge in [0.25, 0.3) is 0 Å². The molecule has 2 aromatic rings. The minimum Gasteiger partial charge on any atom is -0.473 e. The van der Waals surface area contributed by atoms with Crippen LogP contribution in [0.15, 0.2) is 47.1 Å². The lowest BCUT2D eigenvalue weighted by atomic mass is 10.2. The molecule has 1 N–H and O–H groups in total. The van der Waals surface area contributed by atoms with Gasteiger partial charge in [0, 0.05) is 22.8 Å². The molecule has 0 amide bonds. The average Bonchev–Trinajstić information content (AvgIpc) is 2.47. The maximum atomic E-state index is 5.84. The van der Waals surface area contributed by atoms with Crippen LogP contribution < -0.4 is 10.1 Å². The molecule has 0 saturated heterocycles. The molecule has 2 rings (SSSR count). The van der Waals surface area contributed by atoms with Crippen molar-refractivity contribution in [3.63, 3.8) is 0 Å². The molecule has 0 unspecified atom stereocenters. The zero-order chi connectivity index (χ0) is 14.2. The van der Waals surface area contributed by atoms with Gasteiger partial charge in [0.2, 0.25) is 5.88 Å². The van der Waals surface area contributed by atoms with Crippen LogP contribution in [-0.2, 0) is 13.2 Å². The Morgan fingerprint density at radius 3 is 2.95 bits per heavy atom. The molecule has 1 aromatic heterocycles. The molecule has 3 nitrogen and oxygen atoms in total. The molecular weight excluding hydrogens is 316 g/mol. The van der Waals surface area contributed by atoms with Crippen molar-refractivity contribution >= 4 is 15.9 Å². The Morgan fingerprint density at radius 2 is 2.15 bits per heavy atom. The first-order valence-corrected chi connectivity index (χ1v) is 7.60. The van der Waals surface area contributed by atoms with E-state index < -0.39 is 0 Å². The maximum Gasteiger partial charge on any atom is 0.218 e. The third-order valence-corrected chi connectivity index (χ3v) is 3.35. The predicted molar refractivity (Wildman–Crippen MR) is 84.7 cm³/mol. The van der Waals surface area contributed by atoms with Crippen LogP contribution in [0.2, 0.25) is 0 Å². The zero-order valence-electron chi connectivity index (χ0n) is 11.6. The molecule has 1 heterocycles. The van der Waals surface area contributed by atoms with Gasteiger partial charge in [0.05, 0.1) is 0 Å². The molecule has 106 valence electrons. The van der Waals surface area contributed by atoms with Crippen molar-refractivity contribution < 1.29 is 4.74 Å². The largest absolute Gasteiger partial charge is 0.473 e. The lowest BCUT2D eigenvalue weighted by Crippen LogP contribution is -2.15. The van der Waals surface area contributed by atoms with Crippen molar-refractivity contribution in [2.75, 3.05) is 6.54 Å². The first-order valence-electron chi connectivity index (χ1n) is 6.81. The molecular formula is C16H19BrN2O.